The lowest BCUT2D eigenvalue weighted by atomic mass is 9.96. The van der Waals surface area contributed by atoms with Crippen LogP contribution in [0.15, 0.2) is 30.6 Å². The number of aryl methyl sites for hydroxylation is 3. The number of nitrogens with zero attached hydrogens (tertiary/aromatic N) is 4. The Bertz CT molecular complexity index is 1040. The number of benzene rings is 1. The predicted octanol–water partition coefficient (Wildman–Crippen LogP) is 4.61. The number of carbonyl (C=O) groups is 1. The second kappa shape index (κ2) is 7.38. The van der Waals surface area contributed by atoms with Gasteiger partial charge in [-0.25, -0.2) is 4.98 Å². The summed E-state index contributed by atoms with van der Waals surface area (Å²) >= 11 is 0. The maximum absolute atomic E-state index is 13.5. The minimum Gasteiger partial charge on any atom is -0.338 e. The van der Waals surface area contributed by atoms with E-state index in [1.807, 2.05) is 34.1 Å². The summed E-state index contributed by atoms with van der Waals surface area (Å²) in [6, 6.07) is 6.09. The molecule has 1 aliphatic heterocycles. The molecule has 2 aromatic heterocycles. The fourth-order valence-electron chi connectivity index (χ4n) is 4.07. The van der Waals surface area contributed by atoms with Gasteiger partial charge in [-0.1, -0.05) is 19.1 Å². The van der Waals surface area contributed by atoms with Gasteiger partial charge in [-0.2, -0.15) is 5.10 Å². The van der Waals surface area contributed by atoms with E-state index in [4.69, 9.17) is 4.98 Å². The summed E-state index contributed by atoms with van der Waals surface area (Å²) < 4.78 is 1.89. The zero-order valence-electron chi connectivity index (χ0n) is 17.2. The Labute approximate surface area is 166 Å². The number of hydrogen-bond acceptors (Lipinski definition) is 3. The molecule has 1 atom stereocenters. The normalized spacial score (nSPS) is 17.3. The third-order valence-electron chi connectivity index (χ3n) is 5.93. The molecule has 0 unspecified atom stereocenters. The SMILES string of the molecule is CCn1cc(-c2cc(C(=O)N3CCC[C@H](C)C3)c3ccc(C)c(C)c3n2)cn1. The Morgan fingerprint density at radius 3 is 2.82 bits per heavy atom. The standard InChI is InChI=1S/C23H28N4O/c1-5-27-14-18(12-24-27)21-11-20(23(28)26-10-6-7-15(2)13-26)19-9-8-16(3)17(4)22(19)25-21/h8-9,11-12,14-15H,5-7,10,13H2,1-4H3/t15-/m0/s1. The van der Waals surface area contributed by atoms with Crippen LogP contribution in [0.5, 0.6) is 0 Å². The quantitative estimate of drug-likeness (QED) is 0.671. The molecule has 1 aliphatic rings. The molecule has 3 aromatic rings. The van der Waals surface area contributed by atoms with Gasteiger partial charge in [-0.05, 0) is 56.7 Å². The number of carbonyl (C=O) groups excluding carboxylic acids is 1. The molecule has 1 saturated heterocycles. The summed E-state index contributed by atoms with van der Waals surface area (Å²) in [6.45, 7) is 10.9. The molecule has 5 heteroatoms. The summed E-state index contributed by atoms with van der Waals surface area (Å²) in [5, 5.41) is 5.33. The van der Waals surface area contributed by atoms with E-state index in [1.165, 1.54) is 12.0 Å². The number of likely N-dealkylation sites (tertiary alicyclic amines) is 1. The molecule has 1 aromatic carbocycles. The van der Waals surface area contributed by atoms with Gasteiger partial charge in [-0.15, -0.1) is 0 Å². The van der Waals surface area contributed by atoms with Crippen molar-refractivity contribution in [1.29, 1.82) is 0 Å². The number of pyridine rings is 1. The summed E-state index contributed by atoms with van der Waals surface area (Å²) in [5.74, 6) is 0.670. The third-order valence-corrected chi connectivity index (χ3v) is 5.93. The van der Waals surface area contributed by atoms with E-state index in [1.54, 1.807) is 0 Å². The van der Waals surface area contributed by atoms with Crippen LogP contribution in [-0.2, 0) is 6.54 Å². The van der Waals surface area contributed by atoms with Gasteiger partial charge in [0.1, 0.15) is 0 Å². The molecule has 28 heavy (non-hydrogen) atoms. The first-order valence-corrected chi connectivity index (χ1v) is 10.2. The van der Waals surface area contributed by atoms with Crippen molar-refractivity contribution in [3.05, 3.63) is 47.3 Å². The van der Waals surface area contributed by atoms with Gasteiger partial charge in [0.25, 0.3) is 5.91 Å². The minimum absolute atomic E-state index is 0.117. The zero-order chi connectivity index (χ0) is 19.8. The van der Waals surface area contributed by atoms with Crippen molar-refractivity contribution in [2.24, 2.45) is 5.92 Å². The number of amides is 1. The molecule has 1 fully saturated rings. The molecule has 3 heterocycles. The molecular formula is C23H28N4O. The Kier molecular flexibility index (Phi) is 4.92. The first-order valence-electron chi connectivity index (χ1n) is 10.2. The lowest BCUT2D eigenvalue weighted by Gasteiger charge is -2.31. The Hall–Kier alpha value is -2.69. The summed E-state index contributed by atoms with van der Waals surface area (Å²) in [4.78, 5) is 20.4. The Morgan fingerprint density at radius 1 is 1.29 bits per heavy atom. The van der Waals surface area contributed by atoms with Crippen molar-refractivity contribution in [3.8, 4) is 11.3 Å². The van der Waals surface area contributed by atoms with Crippen molar-refractivity contribution >= 4 is 16.8 Å². The summed E-state index contributed by atoms with van der Waals surface area (Å²) in [5.41, 5.74) is 5.74. The number of piperidine rings is 1. The van der Waals surface area contributed by atoms with Crippen molar-refractivity contribution in [2.45, 2.75) is 47.1 Å². The van der Waals surface area contributed by atoms with E-state index in [9.17, 15) is 4.79 Å². The van der Waals surface area contributed by atoms with Crippen LogP contribution >= 0.6 is 0 Å². The molecule has 0 bridgehead atoms. The summed E-state index contributed by atoms with van der Waals surface area (Å²) in [6.07, 6.45) is 6.10. The molecular weight excluding hydrogens is 348 g/mol. The first kappa shape index (κ1) is 18.7. The number of hydrogen-bond donors (Lipinski definition) is 0. The Morgan fingerprint density at radius 2 is 2.11 bits per heavy atom. The lowest BCUT2D eigenvalue weighted by Crippen LogP contribution is -2.39. The van der Waals surface area contributed by atoms with E-state index >= 15 is 0 Å². The molecule has 5 nitrogen and oxygen atoms in total. The van der Waals surface area contributed by atoms with Crippen LogP contribution in [0.2, 0.25) is 0 Å². The van der Waals surface area contributed by atoms with Crippen LogP contribution in [0, 0.1) is 19.8 Å². The monoisotopic (exact) mass is 376 g/mol. The van der Waals surface area contributed by atoms with Gasteiger partial charge in [0.15, 0.2) is 0 Å². The van der Waals surface area contributed by atoms with E-state index < -0.39 is 0 Å². The molecule has 0 aliphatic carbocycles. The zero-order valence-corrected chi connectivity index (χ0v) is 17.2. The first-order chi connectivity index (χ1) is 13.5. The van der Waals surface area contributed by atoms with Gasteiger partial charge < -0.3 is 4.90 Å². The highest BCUT2D eigenvalue weighted by molar-refractivity contribution is 6.08. The van der Waals surface area contributed by atoms with Crippen LogP contribution in [0.3, 0.4) is 0 Å². The average Bonchev–Trinajstić information content (AvgIpc) is 3.19. The molecule has 0 N–H and O–H groups in total. The average molecular weight is 377 g/mol. The van der Waals surface area contributed by atoms with Gasteiger partial charge in [0.2, 0.25) is 0 Å². The van der Waals surface area contributed by atoms with E-state index in [-0.39, 0.29) is 5.91 Å². The second-order valence-electron chi connectivity index (χ2n) is 8.04. The maximum Gasteiger partial charge on any atom is 0.254 e. The maximum atomic E-state index is 13.5. The van der Waals surface area contributed by atoms with E-state index in [2.05, 4.69) is 38.9 Å². The van der Waals surface area contributed by atoms with Crippen LogP contribution in [-0.4, -0.2) is 38.7 Å². The predicted molar refractivity (Wildman–Crippen MR) is 112 cm³/mol. The smallest absolute Gasteiger partial charge is 0.254 e. The van der Waals surface area contributed by atoms with Crippen LogP contribution in [0.4, 0.5) is 0 Å². The molecule has 0 spiro atoms. The van der Waals surface area contributed by atoms with Crippen molar-refractivity contribution in [3.63, 3.8) is 0 Å². The minimum atomic E-state index is 0.117. The lowest BCUT2D eigenvalue weighted by molar-refractivity contribution is 0.0685. The molecule has 0 radical (unpaired) electrons. The van der Waals surface area contributed by atoms with Crippen LogP contribution in [0.25, 0.3) is 22.2 Å². The van der Waals surface area contributed by atoms with E-state index in [0.29, 0.717) is 5.92 Å². The second-order valence-corrected chi connectivity index (χ2v) is 8.04. The van der Waals surface area contributed by atoms with Gasteiger partial charge in [-0.3, -0.25) is 9.48 Å². The number of fused-ring (bicyclic) bond motifs is 1. The largest absolute Gasteiger partial charge is 0.338 e. The molecule has 4 rings (SSSR count). The fourth-order valence-corrected chi connectivity index (χ4v) is 4.07. The third kappa shape index (κ3) is 3.30. The van der Waals surface area contributed by atoms with Gasteiger partial charge in [0, 0.05) is 36.8 Å². The van der Waals surface area contributed by atoms with Crippen LogP contribution in [0.1, 0.15) is 48.2 Å². The fraction of sp³-hybridized carbons (Fsp3) is 0.435. The highest BCUT2D eigenvalue weighted by atomic mass is 16.2. The highest BCUT2D eigenvalue weighted by Gasteiger charge is 2.25. The number of rotatable bonds is 3. The topological polar surface area (TPSA) is 51.0 Å². The Balaban J connectivity index is 1.88. The molecule has 146 valence electrons. The van der Waals surface area contributed by atoms with Crippen LogP contribution < -0.4 is 0 Å². The van der Waals surface area contributed by atoms with Crippen molar-refractivity contribution in [2.75, 3.05) is 13.1 Å². The van der Waals surface area contributed by atoms with Crippen molar-refractivity contribution < 1.29 is 4.79 Å². The van der Waals surface area contributed by atoms with Crippen molar-refractivity contribution in [1.82, 2.24) is 19.7 Å². The molecule has 0 saturated carbocycles. The van der Waals surface area contributed by atoms with Gasteiger partial charge in [0.05, 0.1) is 23.0 Å². The summed E-state index contributed by atoms with van der Waals surface area (Å²) in [7, 11) is 0. The van der Waals surface area contributed by atoms with Gasteiger partial charge >= 0.3 is 0 Å². The van der Waals surface area contributed by atoms with E-state index in [0.717, 1.165) is 59.3 Å². The number of aromatic nitrogens is 3. The highest BCUT2D eigenvalue weighted by Crippen LogP contribution is 2.30. The molecule has 1 amide bonds.